The van der Waals surface area contributed by atoms with E-state index in [2.05, 4.69) is 37.9 Å². The smallest absolute Gasteiger partial charge is 0.320 e. The number of anilines is 1. The summed E-state index contributed by atoms with van der Waals surface area (Å²) in [6.07, 6.45) is 3.20. The average Bonchev–Trinajstić information content (AvgIpc) is 3.44. The Labute approximate surface area is 218 Å². The number of hydrogen-bond acceptors (Lipinski definition) is 9. The number of fused-ring (bicyclic) bond motifs is 4. The van der Waals surface area contributed by atoms with E-state index in [1.165, 1.54) is 0 Å². The highest BCUT2D eigenvalue weighted by molar-refractivity contribution is 9.10. The van der Waals surface area contributed by atoms with Crippen molar-refractivity contribution in [1.29, 1.82) is 0 Å². The van der Waals surface area contributed by atoms with Crippen molar-refractivity contribution in [2.45, 2.75) is 43.4 Å². The maximum absolute atomic E-state index is 10.9. The molecule has 0 unspecified atom stereocenters. The molecule has 1 N–H and O–H groups in total. The summed E-state index contributed by atoms with van der Waals surface area (Å²) in [6.45, 7) is 5.58. The van der Waals surface area contributed by atoms with Gasteiger partial charge in [0.15, 0.2) is 10.3 Å². The SMILES string of the molecule is CN1CCO[C@@]2(COc3nc(N4CCOC[C@@](C)(O)C4)c4c5c(c(Br)nn5C)n(C)c4n3)CCC[C@@H]12. The molecule has 3 aliphatic rings. The molecular formula is C24H34BrN7O4. The molecule has 3 fully saturated rings. The van der Waals surface area contributed by atoms with Crippen LogP contribution >= 0.6 is 15.9 Å². The fourth-order valence-electron chi connectivity index (χ4n) is 6.27. The third-order valence-electron chi connectivity index (χ3n) is 7.97. The molecule has 2 aliphatic heterocycles. The van der Waals surface area contributed by atoms with Gasteiger partial charge < -0.3 is 28.8 Å². The Bertz CT molecular complexity index is 1310. The largest absolute Gasteiger partial charge is 0.460 e. The molecule has 11 nitrogen and oxygen atoms in total. The van der Waals surface area contributed by atoms with Crippen molar-refractivity contribution in [2.24, 2.45) is 14.1 Å². The number of aromatic nitrogens is 5. The van der Waals surface area contributed by atoms with Gasteiger partial charge in [-0.2, -0.15) is 15.1 Å². The maximum Gasteiger partial charge on any atom is 0.320 e. The van der Waals surface area contributed by atoms with Crippen LogP contribution in [0.3, 0.4) is 0 Å². The summed E-state index contributed by atoms with van der Waals surface area (Å²) in [5, 5.41) is 16.4. The summed E-state index contributed by atoms with van der Waals surface area (Å²) in [5.41, 5.74) is 1.27. The number of nitrogens with zero attached hydrogens (tertiary/aromatic N) is 7. The summed E-state index contributed by atoms with van der Waals surface area (Å²) in [7, 11) is 6.06. The molecule has 0 aromatic carbocycles. The van der Waals surface area contributed by atoms with Crippen LogP contribution in [0.1, 0.15) is 26.2 Å². The Morgan fingerprint density at radius 2 is 2.00 bits per heavy atom. The third-order valence-corrected chi connectivity index (χ3v) is 8.50. The minimum Gasteiger partial charge on any atom is -0.460 e. The van der Waals surface area contributed by atoms with E-state index in [0.717, 1.165) is 52.5 Å². The van der Waals surface area contributed by atoms with E-state index in [-0.39, 0.29) is 12.2 Å². The molecule has 0 spiro atoms. The normalized spacial score (nSPS) is 29.7. The van der Waals surface area contributed by atoms with Crippen molar-refractivity contribution < 1.29 is 19.3 Å². The van der Waals surface area contributed by atoms with Crippen LogP contribution in [0.4, 0.5) is 5.82 Å². The van der Waals surface area contributed by atoms with Gasteiger partial charge in [0.05, 0.1) is 31.8 Å². The number of morpholine rings is 1. The van der Waals surface area contributed by atoms with Crippen molar-refractivity contribution in [3.8, 4) is 6.01 Å². The van der Waals surface area contributed by atoms with Crippen LogP contribution in [0, 0.1) is 0 Å². The van der Waals surface area contributed by atoms with Crippen LogP contribution in [0.5, 0.6) is 6.01 Å². The molecule has 0 bridgehead atoms. The highest BCUT2D eigenvalue weighted by Crippen LogP contribution is 2.41. The van der Waals surface area contributed by atoms with Crippen molar-refractivity contribution in [3.63, 3.8) is 0 Å². The number of ether oxygens (including phenoxy) is 3. The first-order valence-corrected chi connectivity index (χ1v) is 13.4. The van der Waals surface area contributed by atoms with Crippen LogP contribution < -0.4 is 9.64 Å². The lowest BCUT2D eigenvalue weighted by Gasteiger charge is -2.44. The summed E-state index contributed by atoms with van der Waals surface area (Å²) in [5.74, 6) is 0.712. The van der Waals surface area contributed by atoms with Gasteiger partial charge in [0.2, 0.25) is 0 Å². The zero-order chi connectivity index (χ0) is 25.2. The van der Waals surface area contributed by atoms with Gasteiger partial charge in [0.25, 0.3) is 0 Å². The zero-order valence-electron chi connectivity index (χ0n) is 21.3. The number of hydrogen-bond donors (Lipinski definition) is 1. The zero-order valence-corrected chi connectivity index (χ0v) is 22.9. The summed E-state index contributed by atoms with van der Waals surface area (Å²) < 4.78 is 23.0. The number of aryl methyl sites for hydroxylation is 2. The van der Waals surface area contributed by atoms with Gasteiger partial charge in [0.1, 0.15) is 34.7 Å². The van der Waals surface area contributed by atoms with Gasteiger partial charge in [-0.1, -0.05) is 0 Å². The quantitative estimate of drug-likeness (QED) is 0.509. The predicted octanol–water partition coefficient (Wildman–Crippen LogP) is 1.84. The van der Waals surface area contributed by atoms with E-state index in [1.807, 2.05) is 23.3 Å². The fraction of sp³-hybridized carbons (Fsp3) is 0.708. The van der Waals surface area contributed by atoms with E-state index in [4.69, 9.17) is 24.2 Å². The first kappa shape index (κ1) is 24.4. The standard InChI is InChI=1S/C24H34BrN7O4/c1-23(33)12-32(9-10-34-13-23)21-16-17-18(19(25)28-31(17)4)30(3)20(16)26-22(27-21)35-14-24-7-5-6-15(24)29(2)8-11-36-24/h15,33H,5-14H2,1-4H3/t15-,23+,24-/m1/s1. The Hall–Kier alpha value is -1.99. The van der Waals surface area contributed by atoms with Crippen LogP contribution in [-0.2, 0) is 23.6 Å². The second-order valence-electron chi connectivity index (χ2n) is 10.8. The van der Waals surface area contributed by atoms with Crippen molar-refractivity contribution >= 4 is 43.8 Å². The Morgan fingerprint density at radius 3 is 2.83 bits per heavy atom. The Morgan fingerprint density at radius 1 is 1.17 bits per heavy atom. The minimum atomic E-state index is -1.01. The number of aliphatic hydroxyl groups is 1. The van der Waals surface area contributed by atoms with Gasteiger partial charge in [0, 0.05) is 33.2 Å². The first-order chi connectivity index (χ1) is 17.2. The number of rotatable bonds is 4. The van der Waals surface area contributed by atoms with Crippen LogP contribution in [0.25, 0.3) is 22.1 Å². The lowest BCUT2D eigenvalue weighted by Crippen LogP contribution is -2.58. The lowest BCUT2D eigenvalue weighted by atomic mass is 9.95. The molecule has 3 aromatic rings. The summed E-state index contributed by atoms with van der Waals surface area (Å²) in [4.78, 5) is 14.3. The lowest BCUT2D eigenvalue weighted by molar-refractivity contribution is -0.145. The topological polar surface area (TPSA) is 103 Å². The van der Waals surface area contributed by atoms with Crippen molar-refractivity contribution in [1.82, 2.24) is 29.2 Å². The predicted molar refractivity (Wildman–Crippen MR) is 139 cm³/mol. The number of likely N-dealkylation sites (N-methyl/N-ethyl adjacent to an activating group) is 1. The molecule has 2 saturated heterocycles. The van der Waals surface area contributed by atoms with Crippen molar-refractivity contribution in [2.75, 3.05) is 58.0 Å². The van der Waals surface area contributed by atoms with Crippen LogP contribution in [-0.4, -0.2) is 105 Å². The second-order valence-corrected chi connectivity index (χ2v) is 11.5. The summed E-state index contributed by atoms with van der Waals surface area (Å²) in [6, 6.07) is 0.654. The van der Waals surface area contributed by atoms with E-state index < -0.39 is 5.60 Å². The molecule has 36 heavy (non-hydrogen) atoms. The molecule has 5 heterocycles. The molecule has 3 aromatic heterocycles. The molecular weight excluding hydrogens is 530 g/mol. The number of β-amino-alcohol motifs (C(OH)–C–C–N with tert-alkyl or cyclic N) is 1. The van der Waals surface area contributed by atoms with Crippen LogP contribution in [0.2, 0.25) is 0 Å². The molecule has 3 atom stereocenters. The fourth-order valence-corrected chi connectivity index (χ4v) is 6.96. The minimum absolute atomic E-state index is 0.275. The summed E-state index contributed by atoms with van der Waals surface area (Å²) >= 11 is 3.61. The van der Waals surface area contributed by atoms with Gasteiger partial charge in [-0.3, -0.25) is 9.58 Å². The maximum atomic E-state index is 10.9. The van der Waals surface area contributed by atoms with E-state index >= 15 is 0 Å². The van der Waals surface area contributed by atoms with Crippen molar-refractivity contribution in [3.05, 3.63) is 4.60 Å². The van der Waals surface area contributed by atoms with E-state index in [0.29, 0.717) is 50.8 Å². The molecule has 6 rings (SSSR count). The Kier molecular flexibility index (Phi) is 5.95. The third kappa shape index (κ3) is 3.89. The molecule has 1 aliphatic carbocycles. The highest BCUT2D eigenvalue weighted by atomic mass is 79.9. The van der Waals surface area contributed by atoms with E-state index in [9.17, 15) is 5.11 Å². The van der Waals surface area contributed by atoms with E-state index in [1.54, 1.807) is 6.92 Å². The molecule has 0 radical (unpaired) electrons. The Balaban J connectivity index is 1.45. The molecule has 1 saturated carbocycles. The van der Waals surface area contributed by atoms with Gasteiger partial charge in [-0.15, -0.1) is 0 Å². The first-order valence-electron chi connectivity index (χ1n) is 12.6. The van der Waals surface area contributed by atoms with Crippen LogP contribution in [0.15, 0.2) is 4.60 Å². The van der Waals surface area contributed by atoms with Gasteiger partial charge in [-0.05, 0) is 49.2 Å². The molecule has 196 valence electrons. The second kappa shape index (κ2) is 8.80. The number of halogens is 1. The average molecular weight is 564 g/mol. The van der Waals surface area contributed by atoms with Gasteiger partial charge >= 0.3 is 6.01 Å². The monoisotopic (exact) mass is 563 g/mol. The van der Waals surface area contributed by atoms with Gasteiger partial charge in [-0.25, -0.2) is 0 Å². The highest BCUT2D eigenvalue weighted by Gasteiger charge is 2.49. The molecule has 0 amide bonds. The molecule has 12 heteroatoms.